The minimum absolute atomic E-state index is 0.137. The fraction of sp³-hybridized carbons (Fsp3) is 0.583. The van der Waals surface area contributed by atoms with E-state index in [1.165, 1.54) is 14.2 Å². The molecule has 0 aliphatic heterocycles. The van der Waals surface area contributed by atoms with E-state index in [1.54, 1.807) is 18.2 Å². The van der Waals surface area contributed by atoms with Crippen molar-refractivity contribution in [1.29, 1.82) is 0 Å². The summed E-state index contributed by atoms with van der Waals surface area (Å²) in [4.78, 5) is 11.5. The monoisotopic (exact) mass is 276 g/mol. The molecule has 1 unspecified atom stereocenters. The highest BCUT2D eigenvalue weighted by atomic mass is 31.2. The molecule has 0 radical (unpaired) electrons. The van der Waals surface area contributed by atoms with Crippen LogP contribution in [0.1, 0.15) is 19.8 Å². The Morgan fingerprint density at radius 3 is 2.44 bits per heavy atom. The molecule has 0 saturated carbocycles. The summed E-state index contributed by atoms with van der Waals surface area (Å²) < 4.78 is 21.0. The molecule has 0 spiro atoms. The topological polar surface area (TPSA) is 72.8 Å². The minimum Gasteiger partial charge on any atom is -0.389 e. The molecule has 1 N–H and O–H groups in total. The summed E-state index contributed by atoms with van der Waals surface area (Å²) in [7, 11) is -0.799. The molecule has 0 heterocycles. The largest absolute Gasteiger partial charge is 0.389 e. The van der Waals surface area contributed by atoms with Crippen molar-refractivity contribution in [2.24, 2.45) is 0 Å². The lowest BCUT2D eigenvalue weighted by Crippen LogP contribution is -2.11. The lowest BCUT2D eigenvalue weighted by atomic mass is 10.1. The molecule has 0 saturated heterocycles. The van der Waals surface area contributed by atoms with Crippen molar-refractivity contribution in [3.63, 3.8) is 0 Å². The second-order valence-electron chi connectivity index (χ2n) is 3.69. The van der Waals surface area contributed by atoms with Gasteiger partial charge in [-0.25, -0.2) is 0 Å². The predicted octanol–water partition coefficient (Wildman–Crippen LogP) is 2.31. The summed E-state index contributed by atoms with van der Waals surface area (Å²) in [5.74, 6) is -0.250. The Morgan fingerprint density at radius 1 is 1.33 bits per heavy atom. The average molecular weight is 276 g/mol. The number of hydrogen-bond donors (Lipinski definition) is 1. The summed E-state index contributed by atoms with van der Waals surface area (Å²) in [6.07, 6.45) is 6.42. The molecule has 0 rings (SSSR count). The SMILES string of the molecule is CC=CC=CC(O)CCC(=O)CP(=O)(OC)OC. The Kier molecular flexibility index (Phi) is 8.85. The van der Waals surface area contributed by atoms with Crippen molar-refractivity contribution >= 4 is 13.4 Å². The summed E-state index contributed by atoms with van der Waals surface area (Å²) in [5, 5.41) is 9.53. The molecule has 0 amide bonds. The molecule has 5 nitrogen and oxygen atoms in total. The van der Waals surface area contributed by atoms with E-state index in [1.807, 2.05) is 13.0 Å². The summed E-state index contributed by atoms with van der Waals surface area (Å²) >= 11 is 0. The second-order valence-corrected chi connectivity index (χ2v) is 5.96. The molecule has 0 aromatic heterocycles. The van der Waals surface area contributed by atoms with Gasteiger partial charge in [-0.2, -0.15) is 0 Å². The third-order valence-corrected chi connectivity index (χ3v) is 4.13. The van der Waals surface area contributed by atoms with Crippen LogP contribution in [0.5, 0.6) is 0 Å². The Bertz CT molecular complexity index is 340. The number of carbonyl (C=O) groups is 1. The van der Waals surface area contributed by atoms with Crippen LogP contribution >= 0.6 is 7.60 Å². The summed E-state index contributed by atoms with van der Waals surface area (Å²) in [6, 6.07) is 0. The Labute approximate surface area is 108 Å². The van der Waals surface area contributed by atoms with Crippen molar-refractivity contribution < 1.29 is 23.5 Å². The number of allylic oxidation sites excluding steroid dienone is 3. The zero-order valence-corrected chi connectivity index (χ0v) is 11.9. The number of rotatable bonds is 9. The van der Waals surface area contributed by atoms with E-state index in [0.717, 1.165) is 0 Å². The Hall–Kier alpha value is -0.740. The maximum atomic E-state index is 11.7. The maximum Gasteiger partial charge on any atom is 0.337 e. The van der Waals surface area contributed by atoms with Gasteiger partial charge in [0.2, 0.25) is 0 Å². The Balaban J connectivity index is 4.07. The number of aliphatic hydroxyl groups excluding tert-OH is 1. The van der Waals surface area contributed by atoms with Crippen LogP contribution in [0, 0.1) is 0 Å². The third kappa shape index (κ3) is 7.56. The van der Waals surface area contributed by atoms with E-state index >= 15 is 0 Å². The molecule has 0 aliphatic carbocycles. The molecule has 6 heteroatoms. The van der Waals surface area contributed by atoms with Crippen LogP contribution in [0.3, 0.4) is 0 Å². The van der Waals surface area contributed by atoms with Gasteiger partial charge in [0, 0.05) is 20.6 Å². The van der Waals surface area contributed by atoms with Gasteiger partial charge in [-0.05, 0) is 13.3 Å². The van der Waals surface area contributed by atoms with Gasteiger partial charge >= 0.3 is 7.60 Å². The molecule has 0 bridgehead atoms. The van der Waals surface area contributed by atoms with E-state index in [0.29, 0.717) is 6.42 Å². The number of ketones is 1. The maximum absolute atomic E-state index is 11.7. The van der Waals surface area contributed by atoms with Crippen molar-refractivity contribution in [2.45, 2.75) is 25.9 Å². The van der Waals surface area contributed by atoms with Crippen LogP contribution < -0.4 is 0 Å². The zero-order chi connectivity index (χ0) is 14.0. The van der Waals surface area contributed by atoms with Crippen molar-refractivity contribution in [2.75, 3.05) is 20.4 Å². The van der Waals surface area contributed by atoms with E-state index in [2.05, 4.69) is 9.05 Å². The zero-order valence-electron chi connectivity index (χ0n) is 11.0. The van der Waals surface area contributed by atoms with Gasteiger partial charge in [-0.3, -0.25) is 9.36 Å². The van der Waals surface area contributed by atoms with E-state index in [-0.39, 0.29) is 18.4 Å². The molecule has 0 aromatic carbocycles. The normalized spacial score (nSPS) is 14.4. The molecule has 1 atom stereocenters. The number of Topliss-reactive ketones (excluding diaryl/α,β-unsaturated/α-hetero) is 1. The van der Waals surface area contributed by atoms with E-state index < -0.39 is 13.7 Å². The van der Waals surface area contributed by atoms with Gasteiger partial charge in [0.15, 0.2) is 0 Å². The molecule has 0 fully saturated rings. The highest BCUT2D eigenvalue weighted by Gasteiger charge is 2.25. The predicted molar refractivity (Wildman–Crippen MR) is 70.7 cm³/mol. The molecule has 0 aromatic rings. The van der Waals surface area contributed by atoms with E-state index in [4.69, 9.17) is 0 Å². The molecular weight excluding hydrogens is 255 g/mol. The van der Waals surface area contributed by atoms with Gasteiger partial charge in [0.05, 0.1) is 6.10 Å². The van der Waals surface area contributed by atoms with Crippen LogP contribution in [0.2, 0.25) is 0 Å². The minimum atomic E-state index is -3.28. The van der Waals surface area contributed by atoms with Crippen LogP contribution in [0.25, 0.3) is 0 Å². The molecule has 104 valence electrons. The second kappa shape index (κ2) is 9.22. The first-order valence-electron chi connectivity index (χ1n) is 5.67. The average Bonchev–Trinajstić information content (AvgIpc) is 2.36. The van der Waals surface area contributed by atoms with Crippen molar-refractivity contribution in [3.8, 4) is 0 Å². The lowest BCUT2D eigenvalue weighted by molar-refractivity contribution is -0.117. The number of carbonyl (C=O) groups excluding carboxylic acids is 1. The van der Waals surface area contributed by atoms with Crippen LogP contribution in [0.4, 0.5) is 0 Å². The van der Waals surface area contributed by atoms with Crippen molar-refractivity contribution in [3.05, 3.63) is 24.3 Å². The highest BCUT2D eigenvalue weighted by Crippen LogP contribution is 2.46. The van der Waals surface area contributed by atoms with Gasteiger partial charge < -0.3 is 14.2 Å². The summed E-state index contributed by atoms with van der Waals surface area (Å²) in [6.45, 7) is 1.87. The Morgan fingerprint density at radius 2 is 1.94 bits per heavy atom. The molecule has 18 heavy (non-hydrogen) atoms. The lowest BCUT2D eigenvalue weighted by Gasteiger charge is -2.12. The third-order valence-electron chi connectivity index (χ3n) is 2.28. The fourth-order valence-electron chi connectivity index (χ4n) is 1.21. The number of hydrogen-bond acceptors (Lipinski definition) is 5. The van der Waals surface area contributed by atoms with Crippen LogP contribution in [-0.2, 0) is 18.4 Å². The fourth-order valence-corrected chi connectivity index (χ4v) is 2.20. The molecule has 0 aliphatic rings. The highest BCUT2D eigenvalue weighted by molar-refractivity contribution is 7.54. The summed E-state index contributed by atoms with van der Waals surface area (Å²) in [5.41, 5.74) is 0. The van der Waals surface area contributed by atoms with Crippen LogP contribution in [0.15, 0.2) is 24.3 Å². The quantitative estimate of drug-likeness (QED) is 0.517. The van der Waals surface area contributed by atoms with Crippen LogP contribution in [-0.4, -0.2) is 37.4 Å². The first-order valence-corrected chi connectivity index (χ1v) is 7.40. The van der Waals surface area contributed by atoms with Gasteiger partial charge in [0.1, 0.15) is 11.9 Å². The van der Waals surface area contributed by atoms with Gasteiger partial charge in [-0.15, -0.1) is 0 Å². The number of aliphatic hydroxyl groups is 1. The van der Waals surface area contributed by atoms with Gasteiger partial charge in [-0.1, -0.05) is 24.3 Å². The van der Waals surface area contributed by atoms with Gasteiger partial charge in [0.25, 0.3) is 0 Å². The first-order chi connectivity index (χ1) is 8.47. The standard InChI is InChI=1S/C12H21O5P/c1-4-5-6-7-11(13)8-9-12(14)10-18(15,16-2)17-3/h4-7,11,13H,8-10H2,1-3H3. The smallest absolute Gasteiger partial charge is 0.337 e. The molecular formula is C12H21O5P. The van der Waals surface area contributed by atoms with Crippen molar-refractivity contribution in [1.82, 2.24) is 0 Å². The first kappa shape index (κ1) is 17.3. The van der Waals surface area contributed by atoms with E-state index in [9.17, 15) is 14.5 Å².